The van der Waals surface area contributed by atoms with Crippen molar-refractivity contribution in [3.63, 3.8) is 0 Å². The molecular weight excluding hydrogens is 291 g/mol. The molecule has 22 heavy (non-hydrogen) atoms. The van der Waals surface area contributed by atoms with E-state index >= 15 is 0 Å². The summed E-state index contributed by atoms with van der Waals surface area (Å²) in [6.45, 7) is 2.85. The fourth-order valence-corrected chi connectivity index (χ4v) is 2.13. The van der Waals surface area contributed by atoms with Crippen molar-refractivity contribution >= 4 is 11.9 Å². The minimum absolute atomic E-state index is 0. The van der Waals surface area contributed by atoms with Crippen LogP contribution in [0.2, 0.25) is 0 Å². The van der Waals surface area contributed by atoms with Crippen molar-refractivity contribution in [2.45, 2.75) is 71.1 Å². The predicted molar refractivity (Wildman–Crippen MR) is 85.6 cm³/mol. The first-order valence-corrected chi connectivity index (χ1v) is 8.28. The van der Waals surface area contributed by atoms with E-state index in [1.54, 1.807) is 0 Å². The number of carbonyl (C=O) groups is 2. The molecule has 0 aliphatic heterocycles. The van der Waals surface area contributed by atoms with E-state index in [2.05, 4.69) is 17.6 Å². The summed E-state index contributed by atoms with van der Waals surface area (Å²) >= 11 is 0. The third-order valence-corrected chi connectivity index (χ3v) is 3.35. The molecule has 124 valence electrons. The Kier molecular flexibility index (Phi) is 20.8. The van der Waals surface area contributed by atoms with E-state index in [0.29, 0.717) is 19.5 Å². The van der Waals surface area contributed by atoms with Gasteiger partial charge >= 0.3 is 29.6 Å². The van der Waals surface area contributed by atoms with Gasteiger partial charge < -0.3 is 15.7 Å². The van der Waals surface area contributed by atoms with Gasteiger partial charge in [0.1, 0.15) is 0 Å². The number of carboxylic acids is 1. The molecule has 0 fully saturated rings. The number of amides is 1. The molecular formula is C16H31N2NaO3. The third-order valence-electron chi connectivity index (χ3n) is 3.35. The zero-order valence-electron chi connectivity index (χ0n) is 14.4. The summed E-state index contributed by atoms with van der Waals surface area (Å²) in [5.74, 6) is -0.889. The number of aliphatic carboxylic acids is 1. The SMILES string of the molecule is CCCCCCCCCCCC(=O)NCC[N-]CC(=O)O.[Na+]. The maximum Gasteiger partial charge on any atom is 1.00 e. The first-order valence-electron chi connectivity index (χ1n) is 8.28. The van der Waals surface area contributed by atoms with Gasteiger partial charge in [0.15, 0.2) is 0 Å². The molecule has 0 aromatic rings. The molecule has 1 amide bonds. The van der Waals surface area contributed by atoms with Crippen LogP contribution < -0.4 is 34.9 Å². The van der Waals surface area contributed by atoms with Gasteiger partial charge in [0.25, 0.3) is 5.97 Å². The minimum Gasteiger partial charge on any atom is -0.652 e. The molecule has 0 saturated carbocycles. The van der Waals surface area contributed by atoms with Crippen LogP contribution in [0.3, 0.4) is 0 Å². The van der Waals surface area contributed by atoms with Crippen molar-refractivity contribution in [3.05, 3.63) is 5.32 Å². The van der Waals surface area contributed by atoms with E-state index in [9.17, 15) is 9.59 Å². The fourth-order valence-electron chi connectivity index (χ4n) is 2.13. The minimum atomic E-state index is -0.934. The molecule has 0 aliphatic carbocycles. The van der Waals surface area contributed by atoms with Crippen molar-refractivity contribution in [1.82, 2.24) is 5.32 Å². The Morgan fingerprint density at radius 1 is 0.955 bits per heavy atom. The van der Waals surface area contributed by atoms with E-state index < -0.39 is 5.97 Å². The average molecular weight is 322 g/mol. The zero-order valence-corrected chi connectivity index (χ0v) is 16.4. The summed E-state index contributed by atoms with van der Waals surface area (Å²) < 4.78 is 0. The standard InChI is InChI=1S/C16H31N2O3.Na/c1-2-3-4-5-6-7-8-9-10-11-15(19)18-13-12-17-14-16(20)21;/h2-14H2,1H3,(H,18,19)(H,20,21);/q-1;+1. The number of nitrogens with one attached hydrogen (secondary N) is 1. The molecule has 0 atom stereocenters. The molecule has 0 spiro atoms. The monoisotopic (exact) mass is 322 g/mol. The smallest absolute Gasteiger partial charge is 0.652 e. The van der Waals surface area contributed by atoms with Crippen LogP contribution in [0.5, 0.6) is 0 Å². The molecule has 0 aromatic heterocycles. The van der Waals surface area contributed by atoms with Crippen molar-refractivity contribution in [2.75, 3.05) is 19.6 Å². The van der Waals surface area contributed by atoms with Crippen LogP contribution in [0.1, 0.15) is 71.1 Å². The van der Waals surface area contributed by atoms with Crippen molar-refractivity contribution in [2.24, 2.45) is 0 Å². The maximum absolute atomic E-state index is 11.5. The summed E-state index contributed by atoms with van der Waals surface area (Å²) in [5, 5.41) is 14.9. The van der Waals surface area contributed by atoms with Crippen LogP contribution in [0.25, 0.3) is 5.32 Å². The Morgan fingerprint density at radius 2 is 1.50 bits per heavy atom. The second-order valence-electron chi connectivity index (χ2n) is 5.43. The van der Waals surface area contributed by atoms with Gasteiger partial charge in [-0.1, -0.05) is 58.3 Å². The Labute approximate surface area is 157 Å². The van der Waals surface area contributed by atoms with Crippen molar-refractivity contribution in [3.8, 4) is 0 Å². The Hall–Kier alpha value is -0.100. The number of hydrogen-bond donors (Lipinski definition) is 2. The van der Waals surface area contributed by atoms with Gasteiger partial charge in [-0.15, -0.1) is 6.54 Å². The number of nitrogens with zero attached hydrogens (tertiary/aromatic N) is 1. The van der Waals surface area contributed by atoms with Gasteiger partial charge in [0.2, 0.25) is 5.91 Å². The molecule has 0 bridgehead atoms. The van der Waals surface area contributed by atoms with E-state index in [0.717, 1.165) is 12.8 Å². The van der Waals surface area contributed by atoms with Crippen LogP contribution in [0.15, 0.2) is 0 Å². The average Bonchev–Trinajstić information content (AvgIpc) is 2.45. The quantitative estimate of drug-likeness (QED) is 0.340. The van der Waals surface area contributed by atoms with Crippen molar-refractivity contribution in [1.29, 1.82) is 0 Å². The zero-order chi connectivity index (χ0) is 15.8. The summed E-state index contributed by atoms with van der Waals surface area (Å²) in [6.07, 6.45) is 11.8. The van der Waals surface area contributed by atoms with Gasteiger partial charge in [-0.2, -0.15) is 0 Å². The number of carboxylic acid groups (broad SMARTS) is 1. The van der Waals surface area contributed by atoms with Crippen LogP contribution >= 0.6 is 0 Å². The molecule has 2 N–H and O–H groups in total. The van der Waals surface area contributed by atoms with E-state index in [-0.39, 0.29) is 42.0 Å². The van der Waals surface area contributed by atoms with Gasteiger partial charge in [0, 0.05) is 6.42 Å². The second-order valence-corrected chi connectivity index (χ2v) is 5.43. The van der Waals surface area contributed by atoms with Gasteiger partial charge in [-0.3, -0.25) is 9.59 Å². The Morgan fingerprint density at radius 3 is 2.05 bits per heavy atom. The van der Waals surface area contributed by atoms with E-state index in [4.69, 9.17) is 5.11 Å². The first kappa shape index (κ1) is 24.2. The number of unbranched alkanes of at least 4 members (excludes halogenated alkanes) is 8. The summed E-state index contributed by atoms with van der Waals surface area (Å²) in [7, 11) is 0. The maximum atomic E-state index is 11.5. The molecule has 0 aliphatic rings. The Balaban J connectivity index is 0. The molecule has 5 nitrogen and oxygen atoms in total. The Bertz CT molecular complexity index is 276. The molecule has 0 unspecified atom stereocenters. The molecule has 0 saturated heterocycles. The van der Waals surface area contributed by atoms with Crippen LogP contribution in [0, 0.1) is 0 Å². The first-order chi connectivity index (χ1) is 10.2. The van der Waals surface area contributed by atoms with Crippen molar-refractivity contribution < 1.29 is 44.3 Å². The summed E-state index contributed by atoms with van der Waals surface area (Å²) in [5.41, 5.74) is 0. The number of rotatable bonds is 15. The van der Waals surface area contributed by atoms with Gasteiger partial charge in [0.05, 0.1) is 0 Å². The summed E-state index contributed by atoms with van der Waals surface area (Å²) in [6, 6.07) is 0. The number of hydrogen-bond acceptors (Lipinski definition) is 2. The van der Waals surface area contributed by atoms with Gasteiger partial charge in [-0.25, -0.2) is 0 Å². The molecule has 6 heteroatoms. The van der Waals surface area contributed by atoms with Crippen LogP contribution in [-0.4, -0.2) is 36.6 Å². The normalized spacial score (nSPS) is 10.0. The molecule has 0 rings (SSSR count). The summed E-state index contributed by atoms with van der Waals surface area (Å²) in [4.78, 5) is 21.7. The van der Waals surface area contributed by atoms with E-state index in [1.165, 1.54) is 44.9 Å². The molecule has 0 radical (unpaired) electrons. The van der Waals surface area contributed by atoms with E-state index in [1.807, 2.05) is 0 Å². The topological polar surface area (TPSA) is 80.5 Å². The predicted octanol–water partition coefficient (Wildman–Crippen LogP) is 0.486. The van der Waals surface area contributed by atoms with Crippen LogP contribution in [0.4, 0.5) is 0 Å². The van der Waals surface area contributed by atoms with Crippen LogP contribution in [-0.2, 0) is 9.59 Å². The molecule has 0 heterocycles. The fraction of sp³-hybridized carbons (Fsp3) is 0.875. The number of carbonyl (C=O) groups excluding carboxylic acids is 1. The van der Waals surface area contributed by atoms with Gasteiger partial charge in [-0.05, 0) is 19.5 Å². The third kappa shape index (κ3) is 19.9. The second kappa shape index (κ2) is 18.9. The largest absolute Gasteiger partial charge is 1.00 e. The molecule has 0 aromatic carbocycles.